The van der Waals surface area contributed by atoms with Gasteiger partial charge in [-0.25, -0.2) is 0 Å². The predicted molar refractivity (Wildman–Crippen MR) is 36.0 cm³/mol. The molecule has 4 nitrogen and oxygen atoms in total. The van der Waals surface area contributed by atoms with Gasteiger partial charge in [0, 0.05) is 26.2 Å². The van der Waals surface area contributed by atoms with Crippen LogP contribution in [0.4, 0.5) is 0 Å². The van der Waals surface area contributed by atoms with Gasteiger partial charge in [-0.2, -0.15) is 0 Å². The van der Waals surface area contributed by atoms with Gasteiger partial charge >= 0.3 is 0 Å². The fraction of sp³-hybridized carbons (Fsp3) is 0.167. The molecule has 0 aliphatic rings. The van der Waals surface area contributed by atoms with Crippen molar-refractivity contribution in [3.63, 3.8) is 0 Å². The summed E-state index contributed by atoms with van der Waals surface area (Å²) in [6.07, 6.45) is 1.62. The first kappa shape index (κ1) is 22.5. The van der Waals surface area contributed by atoms with Crippen molar-refractivity contribution in [1.82, 2.24) is 0 Å². The van der Waals surface area contributed by atoms with Gasteiger partial charge in [0.15, 0.2) is 0 Å². The van der Waals surface area contributed by atoms with Crippen LogP contribution in [0, 0.1) is 0 Å². The number of aldehydes is 1. The van der Waals surface area contributed by atoms with E-state index in [0.717, 1.165) is 6.08 Å². The Morgan fingerprint density at radius 1 is 1.27 bits per heavy atom. The third kappa shape index (κ3) is 98.6. The molecule has 67 valence electrons. The molecule has 0 spiro atoms. The Morgan fingerprint density at radius 2 is 1.55 bits per heavy atom. The van der Waals surface area contributed by atoms with Crippen molar-refractivity contribution in [2.24, 2.45) is 0 Å². The van der Waals surface area contributed by atoms with E-state index in [2.05, 4.69) is 13.6 Å². The van der Waals surface area contributed by atoms with E-state index in [1.165, 1.54) is 6.92 Å². The third-order valence-corrected chi connectivity index (χ3v) is 0.309. The number of aliphatic hydroxyl groups excluding tert-OH is 1. The van der Waals surface area contributed by atoms with Crippen molar-refractivity contribution < 1.29 is 39.6 Å². The maximum absolute atomic E-state index is 9.38. The SMILES string of the molecule is CC(O)=CC=O.[CH-]=O.[CH-]=O.[Ir]. The molecule has 0 bridgehead atoms. The van der Waals surface area contributed by atoms with Crippen LogP contribution >= 0.6 is 0 Å². The Kier molecular flexibility index (Phi) is 71.6. The Balaban J connectivity index is -0.0000000428. The number of rotatable bonds is 1. The largest absolute Gasteiger partial charge is 0.545 e. The molecule has 0 fully saturated rings. The Morgan fingerprint density at radius 3 is 1.55 bits per heavy atom. The smallest absolute Gasteiger partial charge is 0.146 e. The number of hydrogen-bond acceptors (Lipinski definition) is 4. The number of allylic oxidation sites excluding steroid dienone is 2. The molecular formula is C6H8IrO4-2. The van der Waals surface area contributed by atoms with Crippen LogP contribution in [0.2, 0.25) is 0 Å². The first-order chi connectivity index (χ1) is 4.77. The average molecular weight is 336 g/mol. The van der Waals surface area contributed by atoms with Crippen molar-refractivity contribution in [2.45, 2.75) is 6.92 Å². The van der Waals surface area contributed by atoms with Gasteiger partial charge in [0.05, 0.1) is 5.76 Å². The maximum Gasteiger partial charge on any atom is 0.146 e. The molecule has 0 unspecified atom stereocenters. The van der Waals surface area contributed by atoms with E-state index in [-0.39, 0.29) is 25.9 Å². The summed E-state index contributed by atoms with van der Waals surface area (Å²) in [6, 6.07) is 0. The molecule has 0 saturated heterocycles. The summed E-state index contributed by atoms with van der Waals surface area (Å²) < 4.78 is 0. The molecular weight excluding hydrogens is 328 g/mol. The van der Waals surface area contributed by atoms with E-state index >= 15 is 0 Å². The monoisotopic (exact) mass is 337 g/mol. The zero-order valence-corrected chi connectivity index (χ0v) is 8.21. The van der Waals surface area contributed by atoms with Crippen molar-refractivity contribution in [3.8, 4) is 0 Å². The zero-order valence-electron chi connectivity index (χ0n) is 5.81. The molecule has 0 aliphatic heterocycles. The van der Waals surface area contributed by atoms with Crippen LogP contribution in [0.5, 0.6) is 0 Å². The minimum Gasteiger partial charge on any atom is -0.545 e. The van der Waals surface area contributed by atoms with Gasteiger partial charge in [-0.3, -0.25) is 18.4 Å². The molecule has 1 radical (unpaired) electrons. The van der Waals surface area contributed by atoms with Crippen molar-refractivity contribution in [1.29, 1.82) is 0 Å². The van der Waals surface area contributed by atoms with E-state index in [1.54, 1.807) is 0 Å². The van der Waals surface area contributed by atoms with E-state index < -0.39 is 0 Å². The molecule has 0 aliphatic carbocycles. The molecule has 0 aromatic rings. The number of carbonyl (C=O) groups is 1. The Labute approximate surface area is 78.6 Å². The van der Waals surface area contributed by atoms with Gasteiger partial charge in [-0.05, 0) is 6.92 Å². The van der Waals surface area contributed by atoms with Gasteiger partial charge < -0.3 is 14.7 Å². The number of hydrogen-bond donors (Lipinski definition) is 1. The van der Waals surface area contributed by atoms with Crippen molar-refractivity contribution >= 4 is 19.9 Å². The number of aliphatic hydroxyl groups is 1. The molecule has 1 N–H and O–H groups in total. The summed E-state index contributed by atoms with van der Waals surface area (Å²) in [5.74, 6) is 0.0463. The molecule has 11 heavy (non-hydrogen) atoms. The summed E-state index contributed by atoms with van der Waals surface area (Å²) >= 11 is 0. The summed E-state index contributed by atoms with van der Waals surface area (Å²) in [5.41, 5.74) is 0. The van der Waals surface area contributed by atoms with Crippen LogP contribution in [-0.2, 0) is 34.5 Å². The van der Waals surface area contributed by atoms with Gasteiger partial charge in [-0.15, -0.1) is 0 Å². The van der Waals surface area contributed by atoms with Crippen molar-refractivity contribution in [3.05, 3.63) is 11.8 Å². The average Bonchev–Trinajstić information content (AvgIpc) is 1.96. The summed E-state index contributed by atoms with van der Waals surface area (Å²) in [5, 5.41) is 8.18. The van der Waals surface area contributed by atoms with Crippen LogP contribution in [-0.4, -0.2) is 25.0 Å². The molecule has 0 aromatic heterocycles. The third-order valence-electron chi connectivity index (χ3n) is 0.309. The first-order valence-electron chi connectivity index (χ1n) is 2.05. The molecule has 0 atom stereocenters. The van der Waals surface area contributed by atoms with Gasteiger partial charge in [0.2, 0.25) is 0 Å². The molecule has 0 amide bonds. The summed E-state index contributed by atoms with van der Waals surface area (Å²) in [4.78, 5) is 24.9. The normalized spacial score (nSPS) is 6.82. The second-order valence-electron chi connectivity index (χ2n) is 0.944. The standard InChI is InChI=1S/C4H6O2.2CHO.Ir/c1-4(6)2-3-5;2*1-2;/h2-3,6H,1H3;2*1H;/q;2*-1;. The fourth-order valence-corrected chi connectivity index (χ4v) is 0.0985. The second-order valence-corrected chi connectivity index (χ2v) is 0.944. The van der Waals surface area contributed by atoms with Gasteiger partial charge in [0.25, 0.3) is 0 Å². The van der Waals surface area contributed by atoms with Crippen molar-refractivity contribution in [2.75, 3.05) is 0 Å². The van der Waals surface area contributed by atoms with E-state index in [4.69, 9.17) is 14.7 Å². The fourth-order valence-electron chi connectivity index (χ4n) is 0.0985. The molecule has 0 saturated carbocycles. The molecule has 0 aromatic carbocycles. The van der Waals surface area contributed by atoms with Gasteiger partial charge in [-0.1, -0.05) is 0 Å². The van der Waals surface area contributed by atoms with Gasteiger partial charge in [0.1, 0.15) is 6.29 Å². The van der Waals surface area contributed by atoms with E-state index in [1.807, 2.05) is 0 Å². The molecule has 0 heterocycles. The quantitative estimate of drug-likeness (QED) is 0.319. The summed E-state index contributed by atoms with van der Waals surface area (Å²) in [6.45, 7) is 7.94. The first-order valence-corrected chi connectivity index (χ1v) is 2.05. The predicted octanol–water partition coefficient (Wildman–Crippen LogP) is 0.0964. The van der Waals surface area contributed by atoms with Crippen LogP contribution in [0.1, 0.15) is 6.92 Å². The van der Waals surface area contributed by atoms with E-state index in [0.29, 0.717) is 6.29 Å². The van der Waals surface area contributed by atoms with E-state index in [9.17, 15) is 4.79 Å². The van der Waals surface area contributed by atoms with Crippen LogP contribution < -0.4 is 0 Å². The van der Waals surface area contributed by atoms with Crippen LogP contribution in [0.3, 0.4) is 0 Å². The minimum absolute atomic E-state index is 0. The Bertz CT molecular complexity index is 96.8. The molecule has 0 rings (SSSR count). The summed E-state index contributed by atoms with van der Waals surface area (Å²) in [7, 11) is 0. The second kappa shape index (κ2) is 35.1. The topological polar surface area (TPSA) is 71.4 Å². The maximum atomic E-state index is 9.38. The van der Waals surface area contributed by atoms with Crippen LogP contribution in [0.15, 0.2) is 11.8 Å². The van der Waals surface area contributed by atoms with Crippen LogP contribution in [0.25, 0.3) is 0 Å². The number of carbonyl (C=O) groups excluding carboxylic acids is 3. The minimum atomic E-state index is 0. The molecule has 5 heteroatoms. The zero-order chi connectivity index (χ0) is 8.99. The Hall–Kier alpha value is -0.801.